The fraction of sp³-hybridized carbons (Fsp3) is 0.222. The molecule has 0 unspecified atom stereocenters. The van der Waals surface area contributed by atoms with Gasteiger partial charge in [-0.3, -0.25) is 9.59 Å². The van der Waals surface area contributed by atoms with Crippen molar-refractivity contribution < 1.29 is 18.0 Å². The molecule has 2 aromatic rings. The molecule has 26 heavy (non-hydrogen) atoms. The van der Waals surface area contributed by atoms with E-state index in [2.05, 4.69) is 21.2 Å². The normalized spacial score (nSPS) is 11.8. The number of hydrogen-bond acceptors (Lipinski definition) is 4. The van der Waals surface area contributed by atoms with Crippen molar-refractivity contribution >= 4 is 43.3 Å². The number of primary amides is 1. The zero-order valence-corrected chi connectivity index (χ0v) is 16.9. The van der Waals surface area contributed by atoms with E-state index in [1.165, 1.54) is 32.0 Å². The molecule has 0 radical (unpaired) electrons. The average molecular weight is 439 g/mol. The molecule has 2 rings (SSSR count). The number of nitrogens with one attached hydrogen (secondary N) is 1. The molecule has 2 amide bonds. The minimum Gasteiger partial charge on any atom is -0.366 e. The van der Waals surface area contributed by atoms with Crippen LogP contribution in [0.2, 0.25) is 0 Å². The topological polar surface area (TPSA) is 106 Å². The van der Waals surface area contributed by atoms with Crippen LogP contribution >= 0.6 is 15.9 Å². The van der Waals surface area contributed by atoms with Gasteiger partial charge in [-0.25, -0.2) is 8.42 Å². The van der Waals surface area contributed by atoms with Crippen LogP contribution < -0.4 is 11.1 Å². The first-order valence-electron chi connectivity index (χ1n) is 7.69. The Bertz CT molecular complexity index is 967. The van der Waals surface area contributed by atoms with Gasteiger partial charge >= 0.3 is 0 Å². The SMILES string of the molecule is Cc1ccc(NC(=O)C(C)(C)S(=O)(=O)c2ccc(Br)cc2)cc1C(N)=O. The third-order valence-corrected chi connectivity index (χ3v) is 7.05. The first-order chi connectivity index (χ1) is 12.0. The molecule has 0 atom stereocenters. The van der Waals surface area contributed by atoms with Gasteiger partial charge < -0.3 is 11.1 Å². The van der Waals surface area contributed by atoms with Crippen LogP contribution in [0.1, 0.15) is 29.8 Å². The van der Waals surface area contributed by atoms with Gasteiger partial charge in [0.1, 0.15) is 4.75 Å². The Morgan fingerprint density at radius 2 is 1.65 bits per heavy atom. The first kappa shape index (κ1) is 20.1. The second-order valence-corrected chi connectivity index (χ2v) is 9.73. The summed E-state index contributed by atoms with van der Waals surface area (Å²) in [7, 11) is -3.93. The lowest BCUT2D eigenvalue weighted by atomic mass is 10.1. The number of carbonyl (C=O) groups excluding carboxylic acids is 2. The summed E-state index contributed by atoms with van der Waals surface area (Å²) in [5.74, 6) is -1.33. The van der Waals surface area contributed by atoms with Crippen LogP contribution in [-0.4, -0.2) is 25.0 Å². The summed E-state index contributed by atoms with van der Waals surface area (Å²) in [6.45, 7) is 4.39. The number of anilines is 1. The Morgan fingerprint density at radius 1 is 1.08 bits per heavy atom. The second kappa shape index (κ2) is 7.20. The molecule has 2 aromatic carbocycles. The highest BCUT2D eigenvalue weighted by molar-refractivity contribution is 9.10. The predicted molar refractivity (Wildman–Crippen MR) is 104 cm³/mol. The van der Waals surface area contributed by atoms with Crippen LogP contribution in [0.3, 0.4) is 0 Å². The van der Waals surface area contributed by atoms with E-state index in [1.807, 2.05) is 0 Å². The zero-order valence-electron chi connectivity index (χ0n) is 14.5. The maximum Gasteiger partial charge on any atom is 0.249 e. The first-order valence-corrected chi connectivity index (χ1v) is 9.96. The van der Waals surface area contributed by atoms with E-state index in [0.717, 1.165) is 4.47 Å². The summed E-state index contributed by atoms with van der Waals surface area (Å²) in [4.78, 5) is 24.2. The number of carbonyl (C=O) groups is 2. The van der Waals surface area contributed by atoms with Crippen molar-refractivity contribution in [2.75, 3.05) is 5.32 Å². The number of benzene rings is 2. The molecule has 0 bridgehead atoms. The number of nitrogens with two attached hydrogens (primary N) is 1. The molecule has 0 saturated carbocycles. The van der Waals surface area contributed by atoms with Gasteiger partial charge in [-0.2, -0.15) is 0 Å². The predicted octanol–water partition coefficient (Wildman–Crippen LogP) is 3.05. The van der Waals surface area contributed by atoms with Crippen molar-refractivity contribution in [3.8, 4) is 0 Å². The maximum absolute atomic E-state index is 12.9. The fourth-order valence-electron chi connectivity index (χ4n) is 2.28. The molecular weight excluding hydrogens is 420 g/mol. The summed E-state index contributed by atoms with van der Waals surface area (Å²) < 4.78 is 24.8. The van der Waals surface area contributed by atoms with Crippen molar-refractivity contribution in [3.63, 3.8) is 0 Å². The van der Waals surface area contributed by atoms with Gasteiger partial charge in [-0.1, -0.05) is 22.0 Å². The molecule has 8 heteroatoms. The molecule has 0 saturated heterocycles. The molecule has 0 fully saturated rings. The molecule has 0 aliphatic carbocycles. The standard InChI is InChI=1S/C18H19BrN2O4S/c1-11-4-7-13(10-15(11)16(20)22)21-17(23)18(2,3)26(24,25)14-8-5-12(19)6-9-14/h4-10H,1-3H3,(H2,20,22)(H,21,23). The van der Waals surface area contributed by atoms with E-state index in [0.29, 0.717) is 11.3 Å². The lowest BCUT2D eigenvalue weighted by Crippen LogP contribution is -2.44. The van der Waals surface area contributed by atoms with Crippen LogP contribution in [0.25, 0.3) is 0 Å². The van der Waals surface area contributed by atoms with Crippen LogP contribution in [-0.2, 0) is 14.6 Å². The summed E-state index contributed by atoms with van der Waals surface area (Å²) in [6, 6.07) is 10.7. The van der Waals surface area contributed by atoms with E-state index in [-0.39, 0.29) is 10.5 Å². The van der Waals surface area contributed by atoms with Crippen molar-refractivity contribution in [1.29, 1.82) is 0 Å². The summed E-state index contributed by atoms with van der Waals surface area (Å²) in [6.07, 6.45) is 0. The smallest absolute Gasteiger partial charge is 0.249 e. The second-order valence-electron chi connectivity index (χ2n) is 6.32. The molecular formula is C18H19BrN2O4S. The lowest BCUT2D eigenvalue weighted by Gasteiger charge is -2.24. The van der Waals surface area contributed by atoms with Crippen molar-refractivity contribution in [1.82, 2.24) is 0 Å². The molecule has 0 aromatic heterocycles. The van der Waals surface area contributed by atoms with E-state index in [9.17, 15) is 18.0 Å². The number of halogens is 1. The largest absolute Gasteiger partial charge is 0.366 e. The van der Waals surface area contributed by atoms with E-state index in [4.69, 9.17) is 5.73 Å². The van der Waals surface area contributed by atoms with E-state index >= 15 is 0 Å². The minimum absolute atomic E-state index is 0.0441. The van der Waals surface area contributed by atoms with Gasteiger partial charge in [-0.15, -0.1) is 0 Å². The molecule has 0 aliphatic rings. The number of amides is 2. The molecule has 3 N–H and O–H groups in total. The highest BCUT2D eigenvalue weighted by atomic mass is 79.9. The van der Waals surface area contributed by atoms with Crippen LogP contribution in [0.15, 0.2) is 51.8 Å². The van der Waals surface area contributed by atoms with Gasteiger partial charge in [0.15, 0.2) is 9.84 Å². The molecule has 138 valence electrons. The number of hydrogen-bond donors (Lipinski definition) is 2. The van der Waals surface area contributed by atoms with Crippen LogP contribution in [0, 0.1) is 6.92 Å². The number of rotatable bonds is 5. The maximum atomic E-state index is 12.9. The Kier molecular flexibility index (Phi) is 5.58. The quantitative estimate of drug-likeness (QED) is 0.747. The minimum atomic E-state index is -3.93. The Labute approximate surface area is 160 Å². The monoisotopic (exact) mass is 438 g/mol. The number of aryl methyl sites for hydroxylation is 1. The number of sulfone groups is 1. The summed E-state index contributed by atoms with van der Waals surface area (Å²) >= 11 is 3.25. The lowest BCUT2D eigenvalue weighted by molar-refractivity contribution is -0.117. The zero-order chi connectivity index (χ0) is 19.7. The Balaban J connectivity index is 2.34. The van der Waals surface area contributed by atoms with Crippen LogP contribution in [0.5, 0.6) is 0 Å². The Hall–Kier alpha value is -2.19. The molecule has 0 aliphatic heterocycles. The molecule has 0 spiro atoms. The molecule has 0 heterocycles. The Morgan fingerprint density at radius 3 is 2.19 bits per heavy atom. The molecule has 6 nitrogen and oxygen atoms in total. The van der Waals surface area contributed by atoms with E-state index in [1.54, 1.807) is 31.2 Å². The summed E-state index contributed by atoms with van der Waals surface area (Å²) in [5, 5.41) is 2.56. The summed E-state index contributed by atoms with van der Waals surface area (Å²) in [5.41, 5.74) is 6.53. The fourth-order valence-corrected chi connectivity index (χ4v) is 3.92. The highest BCUT2D eigenvalue weighted by Crippen LogP contribution is 2.28. The van der Waals surface area contributed by atoms with Gasteiger partial charge in [0.2, 0.25) is 11.8 Å². The van der Waals surface area contributed by atoms with Crippen molar-refractivity contribution in [3.05, 3.63) is 58.1 Å². The van der Waals surface area contributed by atoms with Crippen LogP contribution in [0.4, 0.5) is 5.69 Å². The highest BCUT2D eigenvalue weighted by Gasteiger charge is 2.42. The van der Waals surface area contributed by atoms with Gasteiger partial charge in [0, 0.05) is 15.7 Å². The van der Waals surface area contributed by atoms with E-state index < -0.39 is 26.4 Å². The van der Waals surface area contributed by atoms with Crippen molar-refractivity contribution in [2.45, 2.75) is 30.4 Å². The van der Waals surface area contributed by atoms with Gasteiger partial charge in [0.05, 0.1) is 4.90 Å². The van der Waals surface area contributed by atoms with Gasteiger partial charge in [-0.05, 0) is 62.7 Å². The van der Waals surface area contributed by atoms with Gasteiger partial charge in [0.25, 0.3) is 0 Å². The average Bonchev–Trinajstić information content (AvgIpc) is 2.56. The van der Waals surface area contributed by atoms with Crippen molar-refractivity contribution in [2.24, 2.45) is 5.73 Å². The third-order valence-electron chi connectivity index (χ3n) is 4.10. The third kappa shape index (κ3) is 3.81.